The summed E-state index contributed by atoms with van der Waals surface area (Å²) >= 11 is 0. The highest BCUT2D eigenvalue weighted by molar-refractivity contribution is 7.94. The fourth-order valence-corrected chi connectivity index (χ4v) is 3.65. The number of carbonyl (C=O) groups excluding carboxylic acids is 1. The third-order valence-corrected chi connectivity index (χ3v) is 5.21. The van der Waals surface area contributed by atoms with Crippen molar-refractivity contribution in [3.05, 3.63) is 88.3 Å². The zero-order valence-electron chi connectivity index (χ0n) is 14.9. The number of rotatable bonds is 5. The first-order valence-corrected chi connectivity index (χ1v) is 9.72. The summed E-state index contributed by atoms with van der Waals surface area (Å²) in [7, 11) is -3.94. The molecule has 0 aliphatic carbocycles. The smallest absolute Gasteiger partial charge is 0.339 e. The van der Waals surface area contributed by atoms with E-state index in [9.17, 15) is 13.2 Å². The molecule has 138 valence electrons. The molecular weight excluding hydrogens is 362 g/mol. The van der Waals surface area contributed by atoms with Gasteiger partial charge in [0.25, 0.3) is 5.82 Å². The minimum absolute atomic E-state index is 0.0350. The molecule has 0 radical (unpaired) electrons. The number of hydrogen-bond donors (Lipinski definition) is 1. The molecule has 6 nitrogen and oxygen atoms in total. The predicted molar refractivity (Wildman–Crippen MR) is 104 cm³/mol. The lowest BCUT2D eigenvalue weighted by Gasteiger charge is -2.24. The topological polar surface area (TPSA) is 91.5 Å². The SMILES string of the molecule is Cc1ccc([N-]S(=O)(=O)c2cccc(C(=O)Nc3cccc[nH+]3)c2)c(C)c1. The molecule has 3 aromatic rings. The molecule has 1 amide bonds. The van der Waals surface area contributed by atoms with Crippen LogP contribution in [0.1, 0.15) is 21.5 Å². The molecule has 0 fully saturated rings. The maximum Gasteiger partial charge on any atom is 0.339 e. The molecule has 2 aromatic carbocycles. The Morgan fingerprint density at radius 1 is 1.00 bits per heavy atom. The van der Waals surface area contributed by atoms with Gasteiger partial charge >= 0.3 is 5.91 Å². The number of sulfonamides is 1. The molecule has 0 bridgehead atoms. The van der Waals surface area contributed by atoms with Crippen LogP contribution in [0.5, 0.6) is 0 Å². The Labute approximate surface area is 158 Å². The second-order valence-electron chi connectivity index (χ2n) is 6.11. The highest BCUT2D eigenvalue weighted by Crippen LogP contribution is 2.31. The van der Waals surface area contributed by atoms with E-state index >= 15 is 0 Å². The summed E-state index contributed by atoms with van der Waals surface area (Å²) in [6, 6.07) is 16.4. The normalized spacial score (nSPS) is 11.0. The van der Waals surface area contributed by atoms with Crippen molar-refractivity contribution in [2.24, 2.45) is 0 Å². The Bertz CT molecular complexity index is 1080. The number of benzene rings is 2. The van der Waals surface area contributed by atoms with E-state index in [4.69, 9.17) is 0 Å². The fraction of sp³-hybridized carbons (Fsp3) is 0.100. The highest BCUT2D eigenvalue weighted by Gasteiger charge is 2.15. The van der Waals surface area contributed by atoms with Gasteiger partial charge in [0, 0.05) is 6.07 Å². The van der Waals surface area contributed by atoms with E-state index < -0.39 is 15.9 Å². The molecule has 0 unspecified atom stereocenters. The third kappa shape index (κ3) is 4.51. The number of hydrogen-bond acceptors (Lipinski definition) is 3. The van der Waals surface area contributed by atoms with Gasteiger partial charge in [-0.15, -0.1) is 5.69 Å². The van der Waals surface area contributed by atoms with E-state index in [-0.39, 0.29) is 10.5 Å². The van der Waals surface area contributed by atoms with E-state index in [1.807, 2.05) is 26.0 Å². The number of aromatic nitrogens is 1. The van der Waals surface area contributed by atoms with Crippen molar-refractivity contribution in [2.75, 3.05) is 5.32 Å². The summed E-state index contributed by atoms with van der Waals surface area (Å²) in [6.45, 7) is 3.74. The van der Waals surface area contributed by atoms with Crippen molar-refractivity contribution in [1.29, 1.82) is 0 Å². The van der Waals surface area contributed by atoms with Crippen molar-refractivity contribution in [2.45, 2.75) is 18.7 Å². The lowest BCUT2D eigenvalue weighted by molar-refractivity contribution is -0.360. The van der Waals surface area contributed by atoms with E-state index in [2.05, 4.69) is 15.0 Å². The number of carbonyl (C=O) groups is 1. The monoisotopic (exact) mass is 381 g/mol. The molecular formula is C20H19N3O3S. The van der Waals surface area contributed by atoms with Gasteiger partial charge < -0.3 is 4.72 Å². The van der Waals surface area contributed by atoms with E-state index in [0.29, 0.717) is 11.5 Å². The number of anilines is 1. The summed E-state index contributed by atoms with van der Waals surface area (Å²) in [5.74, 6) is 0.0942. The molecule has 0 atom stereocenters. The Morgan fingerprint density at radius 3 is 2.52 bits per heavy atom. The molecule has 3 rings (SSSR count). The van der Waals surface area contributed by atoms with Crippen molar-refractivity contribution >= 4 is 27.4 Å². The first kappa shape index (κ1) is 18.6. The lowest BCUT2D eigenvalue weighted by atomic mass is 10.1. The quantitative estimate of drug-likeness (QED) is 0.729. The van der Waals surface area contributed by atoms with Crippen LogP contribution in [0.3, 0.4) is 0 Å². The average Bonchev–Trinajstić information content (AvgIpc) is 2.65. The van der Waals surface area contributed by atoms with Crippen LogP contribution in [0.25, 0.3) is 4.72 Å². The van der Waals surface area contributed by atoms with Gasteiger partial charge in [0.15, 0.2) is 0 Å². The number of aromatic amines is 1. The number of pyridine rings is 1. The van der Waals surface area contributed by atoms with E-state index in [1.54, 1.807) is 36.5 Å². The standard InChI is InChI=1S/C20H18N3O3S/c1-14-9-10-18(15(2)12-14)23-27(25,26)17-7-5-6-16(13-17)20(24)22-19-8-3-4-11-21-19/h3-13H,1-2H3,(H,21,22,24)/q-1/p+1. The second-order valence-corrected chi connectivity index (χ2v) is 7.72. The number of aryl methyl sites for hydroxylation is 2. The fourth-order valence-electron chi connectivity index (χ4n) is 2.55. The Morgan fingerprint density at radius 2 is 1.81 bits per heavy atom. The van der Waals surface area contributed by atoms with Crippen LogP contribution < -0.4 is 10.3 Å². The number of amides is 1. The van der Waals surface area contributed by atoms with Crippen LogP contribution in [0.15, 0.2) is 71.8 Å². The summed E-state index contributed by atoms with van der Waals surface area (Å²) in [5.41, 5.74) is 2.41. The molecule has 0 aliphatic rings. The lowest BCUT2D eigenvalue weighted by Crippen LogP contribution is -2.19. The first-order chi connectivity index (χ1) is 12.8. The van der Waals surface area contributed by atoms with Crippen molar-refractivity contribution < 1.29 is 18.2 Å². The second kappa shape index (κ2) is 7.59. The van der Waals surface area contributed by atoms with Crippen LogP contribution in [-0.2, 0) is 10.0 Å². The summed E-state index contributed by atoms with van der Waals surface area (Å²) in [6.07, 6.45) is 1.68. The molecule has 27 heavy (non-hydrogen) atoms. The number of nitrogens with one attached hydrogen (secondary N) is 2. The third-order valence-electron chi connectivity index (χ3n) is 3.92. The summed E-state index contributed by atoms with van der Waals surface area (Å²) in [5, 5.41) is 2.68. The minimum atomic E-state index is -3.94. The van der Waals surface area contributed by atoms with Crippen molar-refractivity contribution in [3.8, 4) is 0 Å². The first-order valence-electron chi connectivity index (χ1n) is 8.28. The Kier molecular flexibility index (Phi) is 5.23. The van der Waals surface area contributed by atoms with Crippen molar-refractivity contribution in [1.82, 2.24) is 0 Å². The Balaban J connectivity index is 1.84. The average molecular weight is 381 g/mol. The molecule has 0 saturated carbocycles. The van der Waals surface area contributed by atoms with Crippen LogP contribution in [0, 0.1) is 13.8 Å². The molecule has 1 aromatic heterocycles. The minimum Gasteiger partial charge on any atom is -0.572 e. The molecule has 0 saturated heterocycles. The van der Waals surface area contributed by atoms with Crippen LogP contribution in [-0.4, -0.2) is 14.3 Å². The largest absolute Gasteiger partial charge is 0.572 e. The zero-order valence-corrected chi connectivity index (χ0v) is 15.7. The van der Waals surface area contributed by atoms with Crippen LogP contribution >= 0.6 is 0 Å². The maximum absolute atomic E-state index is 12.7. The van der Waals surface area contributed by atoms with Gasteiger partial charge in [0.05, 0.1) is 16.7 Å². The number of nitrogens with zero attached hydrogens (tertiary/aromatic N) is 1. The van der Waals surface area contributed by atoms with Gasteiger partial charge in [-0.25, -0.2) is 23.5 Å². The Hall–Kier alpha value is -3.19. The van der Waals surface area contributed by atoms with E-state index in [1.165, 1.54) is 18.2 Å². The van der Waals surface area contributed by atoms with Gasteiger partial charge in [-0.1, -0.05) is 41.5 Å². The van der Waals surface area contributed by atoms with Gasteiger partial charge in [-0.05, 0) is 38.1 Å². The predicted octanol–water partition coefficient (Wildman–Crippen LogP) is 3.76. The molecule has 0 aliphatic heterocycles. The molecule has 2 N–H and O–H groups in total. The van der Waals surface area contributed by atoms with Crippen molar-refractivity contribution in [3.63, 3.8) is 0 Å². The maximum atomic E-state index is 12.7. The van der Waals surface area contributed by atoms with Gasteiger partial charge in [-0.2, -0.15) is 0 Å². The van der Waals surface area contributed by atoms with Crippen LogP contribution in [0.4, 0.5) is 11.5 Å². The van der Waals surface area contributed by atoms with Gasteiger partial charge in [-0.3, -0.25) is 0 Å². The molecule has 0 spiro atoms. The molecule has 1 heterocycles. The zero-order chi connectivity index (χ0) is 19.4. The summed E-state index contributed by atoms with van der Waals surface area (Å²) < 4.78 is 29.3. The van der Waals surface area contributed by atoms with Gasteiger partial charge in [0.2, 0.25) is 0 Å². The highest BCUT2D eigenvalue weighted by atomic mass is 32.2. The van der Waals surface area contributed by atoms with Crippen LogP contribution in [0.2, 0.25) is 0 Å². The summed E-state index contributed by atoms with van der Waals surface area (Å²) in [4.78, 5) is 15.2. The van der Waals surface area contributed by atoms with E-state index in [0.717, 1.165) is 11.1 Å². The number of H-pyrrole nitrogens is 1. The van der Waals surface area contributed by atoms with Gasteiger partial charge in [0.1, 0.15) is 10.0 Å². The molecule has 7 heteroatoms.